The number of hydrogen-bond acceptors (Lipinski definition) is 3. The molecule has 1 aliphatic heterocycles. The second kappa shape index (κ2) is 2.31. The van der Waals surface area contributed by atoms with E-state index in [9.17, 15) is 9.59 Å². The van der Waals surface area contributed by atoms with Gasteiger partial charge in [0.15, 0.2) is 0 Å². The lowest BCUT2D eigenvalue weighted by molar-refractivity contribution is 0.0702. The Labute approximate surface area is 71.8 Å². The van der Waals surface area contributed by atoms with Crippen molar-refractivity contribution in [1.82, 2.24) is 5.32 Å². The van der Waals surface area contributed by atoms with Gasteiger partial charge < -0.3 is 10.4 Å². The van der Waals surface area contributed by atoms with Crippen LogP contribution in [0.2, 0.25) is 0 Å². The molecule has 5 heteroatoms. The SMILES string of the molecule is O=C(O)c1cc2c(s1)CNC2=O. The highest BCUT2D eigenvalue weighted by Gasteiger charge is 2.23. The fourth-order valence-electron chi connectivity index (χ4n) is 1.11. The van der Waals surface area contributed by atoms with Gasteiger partial charge >= 0.3 is 5.97 Å². The van der Waals surface area contributed by atoms with E-state index in [0.29, 0.717) is 12.1 Å². The summed E-state index contributed by atoms with van der Waals surface area (Å²) in [6, 6.07) is 1.42. The maximum atomic E-state index is 11.0. The van der Waals surface area contributed by atoms with Crippen molar-refractivity contribution in [3.8, 4) is 0 Å². The Bertz CT molecular complexity index is 369. The van der Waals surface area contributed by atoms with E-state index in [2.05, 4.69) is 5.32 Å². The summed E-state index contributed by atoms with van der Waals surface area (Å²) < 4.78 is 0. The van der Waals surface area contributed by atoms with E-state index < -0.39 is 5.97 Å². The molecule has 0 aliphatic carbocycles. The Kier molecular flexibility index (Phi) is 1.41. The first-order chi connectivity index (χ1) is 5.68. The monoisotopic (exact) mass is 183 g/mol. The molecule has 2 N–H and O–H groups in total. The highest BCUT2D eigenvalue weighted by atomic mass is 32.1. The first-order valence-electron chi connectivity index (χ1n) is 3.32. The lowest BCUT2D eigenvalue weighted by Crippen LogP contribution is -2.12. The average molecular weight is 183 g/mol. The second-order valence-corrected chi connectivity index (χ2v) is 3.57. The van der Waals surface area contributed by atoms with Crippen molar-refractivity contribution in [1.29, 1.82) is 0 Å². The van der Waals surface area contributed by atoms with Gasteiger partial charge in [0, 0.05) is 4.88 Å². The molecule has 1 amide bonds. The van der Waals surface area contributed by atoms with Crippen molar-refractivity contribution in [2.45, 2.75) is 6.54 Å². The molecule has 1 aliphatic rings. The van der Waals surface area contributed by atoms with E-state index >= 15 is 0 Å². The molecule has 0 aromatic carbocycles. The normalized spacial score (nSPS) is 14.2. The molecule has 2 rings (SSSR count). The van der Waals surface area contributed by atoms with Gasteiger partial charge in [0.2, 0.25) is 0 Å². The molecule has 2 heterocycles. The molecule has 0 radical (unpaired) electrons. The van der Waals surface area contributed by atoms with E-state index in [1.54, 1.807) is 0 Å². The van der Waals surface area contributed by atoms with Crippen LogP contribution in [-0.4, -0.2) is 17.0 Å². The van der Waals surface area contributed by atoms with E-state index in [-0.39, 0.29) is 10.8 Å². The second-order valence-electron chi connectivity index (χ2n) is 2.44. The van der Waals surface area contributed by atoms with Crippen molar-refractivity contribution >= 4 is 23.2 Å². The molecule has 0 spiro atoms. The van der Waals surface area contributed by atoms with Crippen molar-refractivity contribution in [2.75, 3.05) is 0 Å². The summed E-state index contributed by atoms with van der Waals surface area (Å²) >= 11 is 1.15. The average Bonchev–Trinajstić information content (AvgIpc) is 2.53. The van der Waals surface area contributed by atoms with Crippen LogP contribution in [0.25, 0.3) is 0 Å². The van der Waals surface area contributed by atoms with Crippen LogP contribution >= 0.6 is 11.3 Å². The molecule has 12 heavy (non-hydrogen) atoms. The third kappa shape index (κ3) is 0.902. The molecule has 0 saturated heterocycles. The fourth-order valence-corrected chi connectivity index (χ4v) is 2.05. The summed E-state index contributed by atoms with van der Waals surface area (Å²) in [7, 11) is 0. The van der Waals surface area contributed by atoms with Gasteiger partial charge in [-0.15, -0.1) is 11.3 Å². The largest absolute Gasteiger partial charge is 0.477 e. The number of carboxylic acid groups (broad SMARTS) is 1. The molecule has 4 nitrogen and oxygen atoms in total. The third-order valence-electron chi connectivity index (χ3n) is 1.67. The number of amides is 1. The van der Waals surface area contributed by atoms with Crippen molar-refractivity contribution < 1.29 is 14.7 Å². The van der Waals surface area contributed by atoms with Crippen LogP contribution in [0.3, 0.4) is 0 Å². The van der Waals surface area contributed by atoms with E-state index in [1.165, 1.54) is 6.07 Å². The van der Waals surface area contributed by atoms with E-state index in [0.717, 1.165) is 16.2 Å². The van der Waals surface area contributed by atoms with Gasteiger partial charge in [0.05, 0.1) is 12.1 Å². The summed E-state index contributed by atoms with van der Waals surface area (Å²) in [4.78, 5) is 22.5. The van der Waals surface area contributed by atoms with E-state index in [4.69, 9.17) is 5.11 Å². The van der Waals surface area contributed by atoms with Crippen LogP contribution in [0.1, 0.15) is 24.9 Å². The quantitative estimate of drug-likeness (QED) is 0.673. The Hall–Kier alpha value is -1.36. The van der Waals surface area contributed by atoms with Crippen LogP contribution in [-0.2, 0) is 6.54 Å². The fraction of sp³-hybridized carbons (Fsp3) is 0.143. The number of fused-ring (bicyclic) bond motifs is 1. The highest BCUT2D eigenvalue weighted by Crippen LogP contribution is 2.25. The minimum Gasteiger partial charge on any atom is -0.477 e. The molecule has 62 valence electrons. The summed E-state index contributed by atoms with van der Waals surface area (Å²) in [6.45, 7) is 0.464. The number of carbonyl (C=O) groups is 2. The summed E-state index contributed by atoms with van der Waals surface area (Å²) in [5, 5.41) is 11.2. The first kappa shape index (κ1) is 7.30. The van der Waals surface area contributed by atoms with Gasteiger partial charge in [0.25, 0.3) is 5.91 Å². The summed E-state index contributed by atoms with van der Waals surface area (Å²) in [6.07, 6.45) is 0. The van der Waals surface area contributed by atoms with Crippen LogP contribution < -0.4 is 5.32 Å². The number of nitrogens with one attached hydrogen (secondary N) is 1. The van der Waals surface area contributed by atoms with Crippen LogP contribution in [0, 0.1) is 0 Å². The molecule has 0 unspecified atom stereocenters. The Morgan fingerprint density at radius 2 is 2.42 bits per heavy atom. The molecule has 1 aromatic heterocycles. The Morgan fingerprint density at radius 1 is 1.67 bits per heavy atom. The molecule has 0 bridgehead atoms. The maximum Gasteiger partial charge on any atom is 0.345 e. The van der Waals surface area contributed by atoms with Crippen LogP contribution in [0.4, 0.5) is 0 Å². The van der Waals surface area contributed by atoms with Gasteiger partial charge in [-0.3, -0.25) is 4.79 Å². The van der Waals surface area contributed by atoms with Crippen molar-refractivity contribution in [3.05, 3.63) is 21.4 Å². The number of aromatic carboxylic acids is 1. The van der Waals surface area contributed by atoms with Gasteiger partial charge in [-0.05, 0) is 6.07 Å². The summed E-state index contributed by atoms with van der Waals surface area (Å²) in [5.41, 5.74) is 0.511. The first-order valence-corrected chi connectivity index (χ1v) is 4.14. The lowest BCUT2D eigenvalue weighted by Gasteiger charge is -1.88. The molecule has 0 fully saturated rings. The minimum absolute atomic E-state index is 0.172. The standard InChI is InChI=1S/C7H5NO3S/c9-6-3-1-4(7(10)11)12-5(3)2-8-6/h1H,2H2,(H,8,9)(H,10,11). The topological polar surface area (TPSA) is 66.4 Å². The number of hydrogen-bond donors (Lipinski definition) is 2. The smallest absolute Gasteiger partial charge is 0.345 e. The van der Waals surface area contributed by atoms with Crippen LogP contribution in [0.15, 0.2) is 6.07 Å². The van der Waals surface area contributed by atoms with Crippen LogP contribution in [0.5, 0.6) is 0 Å². The number of rotatable bonds is 1. The molecule has 1 aromatic rings. The van der Waals surface area contributed by atoms with Gasteiger partial charge in [-0.25, -0.2) is 4.79 Å². The van der Waals surface area contributed by atoms with E-state index in [1.807, 2.05) is 0 Å². The maximum absolute atomic E-state index is 11.0. The van der Waals surface area contributed by atoms with Gasteiger partial charge in [0.1, 0.15) is 4.88 Å². The summed E-state index contributed by atoms with van der Waals surface area (Å²) in [5.74, 6) is -1.14. The Morgan fingerprint density at radius 3 is 3.00 bits per heavy atom. The third-order valence-corrected chi connectivity index (χ3v) is 2.80. The molecule has 0 atom stereocenters. The van der Waals surface area contributed by atoms with Gasteiger partial charge in [-0.1, -0.05) is 0 Å². The molecule has 0 saturated carbocycles. The Balaban J connectivity index is 2.49. The van der Waals surface area contributed by atoms with Crippen molar-refractivity contribution in [3.63, 3.8) is 0 Å². The minimum atomic E-state index is -0.970. The highest BCUT2D eigenvalue weighted by molar-refractivity contribution is 7.14. The zero-order chi connectivity index (χ0) is 8.72. The number of carboxylic acids is 1. The number of thiophene rings is 1. The molecular weight excluding hydrogens is 178 g/mol. The number of carbonyl (C=O) groups excluding carboxylic acids is 1. The predicted molar refractivity (Wildman–Crippen MR) is 42.4 cm³/mol. The zero-order valence-electron chi connectivity index (χ0n) is 5.96. The predicted octanol–water partition coefficient (Wildman–Crippen LogP) is 0.690. The van der Waals surface area contributed by atoms with Crippen molar-refractivity contribution in [2.24, 2.45) is 0 Å². The lowest BCUT2D eigenvalue weighted by atomic mass is 10.3. The zero-order valence-corrected chi connectivity index (χ0v) is 6.77. The molecular formula is C7H5NO3S. The van der Waals surface area contributed by atoms with Gasteiger partial charge in [-0.2, -0.15) is 0 Å².